The number of nitrogens with zero attached hydrogens (tertiary/aromatic N) is 3. The standard InChI is InChI=1S/C15H19Cl2N5/c1-22(2)9-3-7-18-15-19-8-6-14(21-15)20-13-10-11(16)4-5-12(13)17/h4-6,8,10H,3,7,9H2,1-2H3,(H2,18,19,20,21). The van der Waals surface area contributed by atoms with Gasteiger partial charge in [0.05, 0.1) is 10.7 Å². The van der Waals surface area contributed by atoms with E-state index in [0.717, 1.165) is 19.5 Å². The first-order chi connectivity index (χ1) is 10.5. The Balaban J connectivity index is 1.97. The first-order valence-corrected chi connectivity index (χ1v) is 7.74. The van der Waals surface area contributed by atoms with Crippen molar-refractivity contribution in [3.05, 3.63) is 40.5 Å². The zero-order valence-electron chi connectivity index (χ0n) is 12.6. The molecule has 0 saturated heterocycles. The zero-order chi connectivity index (χ0) is 15.9. The fourth-order valence-electron chi connectivity index (χ4n) is 1.84. The fourth-order valence-corrected chi connectivity index (χ4v) is 2.18. The molecule has 0 fully saturated rings. The van der Waals surface area contributed by atoms with Crippen LogP contribution in [-0.2, 0) is 0 Å². The van der Waals surface area contributed by atoms with Crippen LogP contribution in [0.2, 0.25) is 10.0 Å². The number of hydrogen-bond donors (Lipinski definition) is 2. The molecule has 0 unspecified atom stereocenters. The number of nitrogens with one attached hydrogen (secondary N) is 2. The van der Waals surface area contributed by atoms with Crippen molar-refractivity contribution in [2.24, 2.45) is 0 Å². The van der Waals surface area contributed by atoms with Crippen LogP contribution < -0.4 is 10.6 Å². The molecule has 1 heterocycles. The van der Waals surface area contributed by atoms with Gasteiger partial charge in [-0.05, 0) is 51.3 Å². The van der Waals surface area contributed by atoms with Crippen LogP contribution in [-0.4, -0.2) is 42.1 Å². The molecule has 5 nitrogen and oxygen atoms in total. The Labute approximate surface area is 140 Å². The lowest BCUT2D eigenvalue weighted by atomic mass is 10.3. The second-order valence-electron chi connectivity index (χ2n) is 5.10. The minimum Gasteiger partial charge on any atom is -0.354 e. The van der Waals surface area contributed by atoms with E-state index in [1.165, 1.54) is 0 Å². The summed E-state index contributed by atoms with van der Waals surface area (Å²) >= 11 is 12.1. The van der Waals surface area contributed by atoms with Crippen molar-refractivity contribution in [2.45, 2.75) is 6.42 Å². The molecule has 22 heavy (non-hydrogen) atoms. The number of aromatic nitrogens is 2. The van der Waals surface area contributed by atoms with Gasteiger partial charge in [0.25, 0.3) is 0 Å². The summed E-state index contributed by atoms with van der Waals surface area (Å²) in [6.45, 7) is 1.84. The summed E-state index contributed by atoms with van der Waals surface area (Å²) in [6, 6.07) is 7.03. The zero-order valence-corrected chi connectivity index (χ0v) is 14.1. The van der Waals surface area contributed by atoms with Gasteiger partial charge in [-0.1, -0.05) is 23.2 Å². The van der Waals surface area contributed by atoms with Crippen LogP contribution in [0, 0.1) is 0 Å². The van der Waals surface area contributed by atoms with E-state index >= 15 is 0 Å². The van der Waals surface area contributed by atoms with Gasteiger partial charge in [0.15, 0.2) is 0 Å². The monoisotopic (exact) mass is 339 g/mol. The first-order valence-electron chi connectivity index (χ1n) is 6.98. The minimum absolute atomic E-state index is 0.585. The maximum absolute atomic E-state index is 6.13. The van der Waals surface area contributed by atoms with Crippen molar-refractivity contribution >= 4 is 40.7 Å². The highest BCUT2D eigenvalue weighted by atomic mass is 35.5. The Kier molecular flexibility index (Phi) is 6.24. The van der Waals surface area contributed by atoms with Crippen molar-refractivity contribution in [3.63, 3.8) is 0 Å². The molecular formula is C15H19Cl2N5. The Bertz CT molecular complexity index is 619. The van der Waals surface area contributed by atoms with Gasteiger partial charge >= 0.3 is 0 Å². The molecule has 0 aliphatic heterocycles. The van der Waals surface area contributed by atoms with Crippen molar-refractivity contribution in [2.75, 3.05) is 37.8 Å². The molecule has 0 atom stereocenters. The van der Waals surface area contributed by atoms with E-state index in [2.05, 4.69) is 39.6 Å². The lowest BCUT2D eigenvalue weighted by Gasteiger charge is -2.11. The summed E-state index contributed by atoms with van der Waals surface area (Å²) in [5.41, 5.74) is 0.714. The van der Waals surface area contributed by atoms with E-state index in [9.17, 15) is 0 Å². The largest absolute Gasteiger partial charge is 0.354 e. The molecule has 0 spiro atoms. The third kappa shape index (κ3) is 5.33. The third-order valence-corrected chi connectivity index (χ3v) is 3.48. The quantitative estimate of drug-likeness (QED) is 0.749. The molecule has 0 radical (unpaired) electrons. The number of halogens is 2. The van der Waals surface area contributed by atoms with E-state index in [1.54, 1.807) is 30.5 Å². The number of hydrogen-bond acceptors (Lipinski definition) is 5. The molecule has 2 N–H and O–H groups in total. The molecule has 7 heteroatoms. The molecule has 0 amide bonds. The molecule has 0 bridgehead atoms. The van der Waals surface area contributed by atoms with Crippen LogP contribution in [0.1, 0.15) is 6.42 Å². The van der Waals surface area contributed by atoms with Crippen LogP contribution in [0.4, 0.5) is 17.5 Å². The maximum Gasteiger partial charge on any atom is 0.224 e. The van der Waals surface area contributed by atoms with Crippen LogP contribution in [0.5, 0.6) is 0 Å². The summed E-state index contributed by atoms with van der Waals surface area (Å²) in [5, 5.41) is 7.55. The SMILES string of the molecule is CN(C)CCCNc1nccc(Nc2cc(Cl)ccc2Cl)n1. The van der Waals surface area contributed by atoms with Gasteiger partial charge < -0.3 is 15.5 Å². The number of anilines is 3. The average Bonchev–Trinajstić information content (AvgIpc) is 2.48. The van der Waals surface area contributed by atoms with E-state index in [4.69, 9.17) is 23.2 Å². The molecule has 0 saturated carbocycles. The van der Waals surface area contributed by atoms with Gasteiger partial charge in [0.1, 0.15) is 5.82 Å². The van der Waals surface area contributed by atoms with E-state index in [1.807, 2.05) is 0 Å². The van der Waals surface area contributed by atoms with Gasteiger partial charge in [-0.3, -0.25) is 0 Å². The molecule has 1 aromatic carbocycles. The van der Waals surface area contributed by atoms with Crippen molar-refractivity contribution in [1.29, 1.82) is 0 Å². The Morgan fingerprint density at radius 3 is 2.77 bits per heavy atom. The average molecular weight is 340 g/mol. The molecule has 2 aromatic rings. The molecule has 118 valence electrons. The van der Waals surface area contributed by atoms with Crippen LogP contribution in [0.3, 0.4) is 0 Å². The topological polar surface area (TPSA) is 53.1 Å². The third-order valence-electron chi connectivity index (χ3n) is 2.91. The highest BCUT2D eigenvalue weighted by Crippen LogP contribution is 2.27. The van der Waals surface area contributed by atoms with E-state index in [0.29, 0.717) is 27.5 Å². The van der Waals surface area contributed by atoms with Gasteiger partial charge in [0.2, 0.25) is 5.95 Å². The first kappa shape index (κ1) is 16.8. The van der Waals surface area contributed by atoms with E-state index in [-0.39, 0.29) is 0 Å². The molecular weight excluding hydrogens is 321 g/mol. The van der Waals surface area contributed by atoms with E-state index < -0.39 is 0 Å². The molecule has 0 aliphatic carbocycles. The Morgan fingerprint density at radius 1 is 1.18 bits per heavy atom. The second-order valence-corrected chi connectivity index (χ2v) is 5.94. The van der Waals surface area contributed by atoms with Crippen LogP contribution in [0.15, 0.2) is 30.5 Å². The lowest BCUT2D eigenvalue weighted by Crippen LogP contribution is -2.17. The van der Waals surface area contributed by atoms with Crippen molar-refractivity contribution < 1.29 is 0 Å². The summed E-state index contributed by atoms with van der Waals surface area (Å²) in [5.74, 6) is 1.25. The van der Waals surface area contributed by atoms with Crippen LogP contribution >= 0.6 is 23.2 Å². The number of rotatable bonds is 7. The van der Waals surface area contributed by atoms with Gasteiger partial charge in [-0.15, -0.1) is 0 Å². The predicted octanol–water partition coefficient (Wildman–Crippen LogP) is 3.89. The van der Waals surface area contributed by atoms with Crippen molar-refractivity contribution in [1.82, 2.24) is 14.9 Å². The van der Waals surface area contributed by atoms with Crippen LogP contribution in [0.25, 0.3) is 0 Å². The van der Waals surface area contributed by atoms with Gasteiger partial charge in [0, 0.05) is 17.8 Å². The Morgan fingerprint density at radius 2 is 2.00 bits per heavy atom. The van der Waals surface area contributed by atoms with Gasteiger partial charge in [-0.25, -0.2) is 4.98 Å². The summed E-state index contributed by atoms with van der Waals surface area (Å²) in [6.07, 6.45) is 2.72. The minimum atomic E-state index is 0.585. The van der Waals surface area contributed by atoms with Gasteiger partial charge in [-0.2, -0.15) is 4.98 Å². The highest BCUT2D eigenvalue weighted by Gasteiger charge is 2.04. The highest BCUT2D eigenvalue weighted by molar-refractivity contribution is 6.35. The summed E-state index contributed by atoms with van der Waals surface area (Å²) in [7, 11) is 4.10. The smallest absolute Gasteiger partial charge is 0.224 e. The normalized spacial score (nSPS) is 10.8. The summed E-state index contributed by atoms with van der Waals surface area (Å²) < 4.78 is 0. The second kappa shape index (κ2) is 8.17. The predicted molar refractivity (Wildman–Crippen MR) is 93.4 cm³/mol. The summed E-state index contributed by atoms with van der Waals surface area (Å²) in [4.78, 5) is 10.8. The number of benzene rings is 1. The lowest BCUT2D eigenvalue weighted by molar-refractivity contribution is 0.405. The Hall–Kier alpha value is -1.56. The molecule has 1 aromatic heterocycles. The maximum atomic E-state index is 6.13. The molecule has 0 aliphatic rings. The van der Waals surface area contributed by atoms with Crippen molar-refractivity contribution in [3.8, 4) is 0 Å². The fraction of sp³-hybridized carbons (Fsp3) is 0.333. The molecule has 2 rings (SSSR count).